The number of nitro groups is 1. The quantitative estimate of drug-likeness (QED) is 0.636. The van der Waals surface area contributed by atoms with Gasteiger partial charge in [0.2, 0.25) is 0 Å². The zero-order valence-corrected chi connectivity index (χ0v) is 14.3. The SMILES string of the molecule is C[C](C)C(NC(=O)O)C1CCN(c2ccc(C)cc2[N+](=O)[O-])CC1. The van der Waals surface area contributed by atoms with Gasteiger partial charge in [0, 0.05) is 25.2 Å². The number of nitrogens with one attached hydrogen (secondary N) is 1. The first-order valence-electron chi connectivity index (χ1n) is 8.09. The molecule has 0 bridgehead atoms. The molecule has 0 saturated carbocycles. The average Bonchev–Trinajstić information content (AvgIpc) is 2.52. The lowest BCUT2D eigenvalue weighted by molar-refractivity contribution is -0.384. The summed E-state index contributed by atoms with van der Waals surface area (Å²) in [5.74, 6) is 1.25. The van der Waals surface area contributed by atoms with Gasteiger partial charge < -0.3 is 15.3 Å². The normalized spacial score (nSPS) is 16.9. The van der Waals surface area contributed by atoms with E-state index >= 15 is 0 Å². The first kappa shape index (κ1) is 18.0. The third-order valence-corrected chi connectivity index (χ3v) is 4.58. The minimum absolute atomic E-state index is 0.131. The van der Waals surface area contributed by atoms with Gasteiger partial charge in [0.25, 0.3) is 5.69 Å². The number of hydrogen-bond donors (Lipinski definition) is 2. The zero-order valence-electron chi connectivity index (χ0n) is 14.3. The minimum atomic E-state index is -1.02. The zero-order chi connectivity index (χ0) is 17.9. The monoisotopic (exact) mass is 334 g/mol. The maximum atomic E-state index is 11.3. The Morgan fingerprint density at radius 1 is 1.38 bits per heavy atom. The lowest BCUT2D eigenvalue weighted by Gasteiger charge is -2.38. The van der Waals surface area contributed by atoms with E-state index in [1.807, 2.05) is 31.7 Å². The van der Waals surface area contributed by atoms with Gasteiger partial charge in [-0.15, -0.1) is 0 Å². The van der Waals surface area contributed by atoms with Crippen molar-refractivity contribution in [2.24, 2.45) is 5.92 Å². The molecule has 0 aliphatic carbocycles. The van der Waals surface area contributed by atoms with Crippen LogP contribution in [0.2, 0.25) is 0 Å². The molecule has 131 valence electrons. The summed E-state index contributed by atoms with van der Waals surface area (Å²) in [5, 5.41) is 22.9. The van der Waals surface area contributed by atoms with Gasteiger partial charge in [0.1, 0.15) is 5.69 Å². The Bertz CT molecular complexity index is 610. The Morgan fingerprint density at radius 3 is 2.50 bits per heavy atom. The molecule has 1 atom stereocenters. The van der Waals surface area contributed by atoms with Crippen molar-refractivity contribution in [2.75, 3.05) is 18.0 Å². The van der Waals surface area contributed by atoms with E-state index in [0.717, 1.165) is 24.3 Å². The number of rotatable bonds is 5. The van der Waals surface area contributed by atoms with Crippen LogP contribution in [-0.4, -0.2) is 35.3 Å². The van der Waals surface area contributed by atoms with Crippen LogP contribution in [0.15, 0.2) is 18.2 Å². The Labute approximate surface area is 141 Å². The molecule has 7 heteroatoms. The van der Waals surface area contributed by atoms with E-state index in [2.05, 4.69) is 5.32 Å². The standard InChI is InChI=1S/C17H24N3O4/c1-11(2)16(18-17(21)22)13-6-8-19(9-7-13)14-5-4-12(3)10-15(14)20(23)24/h4-5,10,13,16,18H,6-9H2,1-3H3,(H,21,22). The fourth-order valence-electron chi connectivity index (χ4n) is 3.39. The summed E-state index contributed by atoms with van der Waals surface area (Å²) in [6.07, 6.45) is 0.570. The third kappa shape index (κ3) is 4.15. The maximum Gasteiger partial charge on any atom is 0.404 e. The van der Waals surface area contributed by atoms with Crippen LogP contribution in [0.3, 0.4) is 0 Å². The molecule has 1 unspecified atom stereocenters. The molecule has 1 aromatic carbocycles. The van der Waals surface area contributed by atoms with E-state index in [4.69, 9.17) is 5.11 Å². The van der Waals surface area contributed by atoms with Crippen LogP contribution in [0.4, 0.5) is 16.2 Å². The molecular formula is C17H24N3O4. The molecule has 1 fully saturated rings. The molecule has 7 nitrogen and oxygen atoms in total. The highest BCUT2D eigenvalue weighted by molar-refractivity contribution is 5.66. The average molecular weight is 334 g/mol. The lowest BCUT2D eigenvalue weighted by atomic mass is 9.83. The van der Waals surface area contributed by atoms with Gasteiger partial charge in [-0.3, -0.25) is 10.1 Å². The van der Waals surface area contributed by atoms with Crippen molar-refractivity contribution in [1.82, 2.24) is 5.32 Å². The van der Waals surface area contributed by atoms with Crippen molar-refractivity contribution in [1.29, 1.82) is 0 Å². The summed E-state index contributed by atoms with van der Waals surface area (Å²) in [5.41, 5.74) is 1.64. The summed E-state index contributed by atoms with van der Waals surface area (Å²) in [6.45, 7) is 7.06. The molecule has 2 rings (SSSR count). The number of nitro benzene ring substituents is 1. The van der Waals surface area contributed by atoms with Gasteiger partial charge >= 0.3 is 6.09 Å². The summed E-state index contributed by atoms with van der Waals surface area (Å²) < 4.78 is 0. The van der Waals surface area contributed by atoms with Gasteiger partial charge in [0.15, 0.2) is 0 Å². The van der Waals surface area contributed by atoms with Crippen molar-refractivity contribution in [3.05, 3.63) is 39.8 Å². The smallest absolute Gasteiger partial charge is 0.404 e. The van der Waals surface area contributed by atoms with Crippen LogP contribution in [0.1, 0.15) is 32.3 Å². The van der Waals surface area contributed by atoms with Gasteiger partial charge in [-0.05, 0) is 43.2 Å². The van der Waals surface area contributed by atoms with Crippen LogP contribution < -0.4 is 10.2 Å². The molecule has 0 aromatic heterocycles. The predicted molar refractivity (Wildman–Crippen MR) is 92.3 cm³/mol. The summed E-state index contributed by atoms with van der Waals surface area (Å²) in [6, 6.07) is 5.11. The van der Waals surface area contributed by atoms with Crippen LogP contribution in [0.25, 0.3) is 0 Å². The van der Waals surface area contributed by atoms with E-state index in [-0.39, 0.29) is 22.6 Å². The topological polar surface area (TPSA) is 95.7 Å². The summed E-state index contributed by atoms with van der Waals surface area (Å²) in [7, 11) is 0. The Morgan fingerprint density at radius 2 is 2.00 bits per heavy atom. The molecule has 24 heavy (non-hydrogen) atoms. The number of nitrogens with zero attached hydrogens (tertiary/aromatic N) is 2. The van der Waals surface area contributed by atoms with Crippen molar-refractivity contribution in [3.8, 4) is 0 Å². The number of carboxylic acid groups (broad SMARTS) is 1. The molecule has 0 spiro atoms. The number of anilines is 1. The van der Waals surface area contributed by atoms with E-state index < -0.39 is 6.09 Å². The van der Waals surface area contributed by atoms with E-state index in [0.29, 0.717) is 18.8 Å². The number of hydrogen-bond acceptors (Lipinski definition) is 4. The van der Waals surface area contributed by atoms with Crippen molar-refractivity contribution in [2.45, 2.75) is 39.7 Å². The van der Waals surface area contributed by atoms with E-state index in [1.165, 1.54) is 0 Å². The molecule has 1 heterocycles. The molecule has 1 aliphatic heterocycles. The number of amides is 1. The Hall–Kier alpha value is -2.31. The highest BCUT2D eigenvalue weighted by atomic mass is 16.6. The number of carbonyl (C=O) groups is 1. The fraction of sp³-hybridized carbons (Fsp3) is 0.529. The van der Waals surface area contributed by atoms with Crippen molar-refractivity contribution in [3.63, 3.8) is 0 Å². The molecular weight excluding hydrogens is 310 g/mol. The number of piperidine rings is 1. The first-order valence-corrected chi connectivity index (χ1v) is 8.09. The highest BCUT2D eigenvalue weighted by Crippen LogP contribution is 2.34. The minimum Gasteiger partial charge on any atom is -0.465 e. The number of benzene rings is 1. The van der Waals surface area contributed by atoms with Crippen LogP contribution >= 0.6 is 0 Å². The molecule has 1 amide bonds. The lowest BCUT2D eigenvalue weighted by Crippen LogP contribution is -2.47. The molecule has 1 aliphatic rings. The van der Waals surface area contributed by atoms with Gasteiger partial charge in [-0.25, -0.2) is 4.79 Å². The second kappa shape index (κ2) is 7.51. The van der Waals surface area contributed by atoms with Crippen LogP contribution in [0.5, 0.6) is 0 Å². The largest absolute Gasteiger partial charge is 0.465 e. The Kier molecular flexibility index (Phi) is 5.64. The first-order chi connectivity index (χ1) is 11.3. The third-order valence-electron chi connectivity index (χ3n) is 4.58. The fourth-order valence-corrected chi connectivity index (χ4v) is 3.39. The molecule has 2 N–H and O–H groups in total. The van der Waals surface area contributed by atoms with Gasteiger partial charge in [0.05, 0.1) is 4.92 Å². The predicted octanol–water partition coefficient (Wildman–Crippen LogP) is 3.37. The second-order valence-corrected chi connectivity index (χ2v) is 6.58. The highest BCUT2D eigenvalue weighted by Gasteiger charge is 2.31. The van der Waals surface area contributed by atoms with Gasteiger partial charge in [-0.2, -0.15) is 0 Å². The van der Waals surface area contributed by atoms with Gasteiger partial charge in [-0.1, -0.05) is 19.9 Å². The maximum absolute atomic E-state index is 11.3. The number of aryl methyl sites for hydroxylation is 1. The second-order valence-electron chi connectivity index (χ2n) is 6.58. The van der Waals surface area contributed by atoms with E-state index in [1.54, 1.807) is 12.1 Å². The van der Waals surface area contributed by atoms with Crippen molar-refractivity contribution >= 4 is 17.5 Å². The molecule has 1 saturated heterocycles. The van der Waals surface area contributed by atoms with Crippen LogP contribution in [-0.2, 0) is 0 Å². The Balaban J connectivity index is 2.10. The molecule has 1 aromatic rings. The van der Waals surface area contributed by atoms with Crippen molar-refractivity contribution < 1.29 is 14.8 Å². The molecule has 1 radical (unpaired) electrons. The van der Waals surface area contributed by atoms with E-state index in [9.17, 15) is 14.9 Å². The van der Waals surface area contributed by atoms with Crippen LogP contribution in [0, 0.1) is 28.9 Å². The summed E-state index contributed by atoms with van der Waals surface area (Å²) in [4.78, 5) is 24.0. The summed E-state index contributed by atoms with van der Waals surface area (Å²) >= 11 is 0.